The summed E-state index contributed by atoms with van der Waals surface area (Å²) >= 11 is 0. The number of hydrogen-bond donors (Lipinski definition) is 2. The predicted octanol–water partition coefficient (Wildman–Crippen LogP) is 0.992. The molecule has 1 fully saturated rings. The summed E-state index contributed by atoms with van der Waals surface area (Å²) in [6.07, 6.45) is 2.10. The quantitative estimate of drug-likeness (QED) is 0.778. The van der Waals surface area contributed by atoms with Crippen molar-refractivity contribution in [3.63, 3.8) is 0 Å². The largest absolute Gasteiger partial charge is 0.352 e. The molecule has 1 rings (SSSR count). The van der Waals surface area contributed by atoms with Crippen molar-refractivity contribution < 1.29 is 4.79 Å². The zero-order valence-corrected chi connectivity index (χ0v) is 11.9. The molecule has 4 nitrogen and oxygen atoms in total. The first-order chi connectivity index (χ1) is 7.58. The van der Waals surface area contributed by atoms with E-state index in [4.69, 9.17) is 5.73 Å². The summed E-state index contributed by atoms with van der Waals surface area (Å²) in [6.45, 7) is 8.79. The Balaban J connectivity index is 0.00000256. The third-order valence-corrected chi connectivity index (χ3v) is 3.58. The molecule has 0 saturated carbocycles. The second kappa shape index (κ2) is 7.90. The van der Waals surface area contributed by atoms with E-state index >= 15 is 0 Å². The molecule has 1 amide bonds. The van der Waals surface area contributed by atoms with Crippen molar-refractivity contribution in [2.45, 2.75) is 45.7 Å². The Labute approximate surface area is 111 Å². The highest BCUT2D eigenvalue weighted by atomic mass is 35.5. The number of nitrogens with two attached hydrogens (primary N) is 1. The first-order valence-electron chi connectivity index (χ1n) is 6.33. The lowest BCUT2D eigenvalue weighted by Crippen LogP contribution is -2.46. The summed E-state index contributed by atoms with van der Waals surface area (Å²) in [7, 11) is 0. The topological polar surface area (TPSA) is 58.4 Å². The lowest BCUT2D eigenvalue weighted by molar-refractivity contribution is -0.126. The predicted molar refractivity (Wildman–Crippen MR) is 73.3 cm³/mol. The molecule has 3 N–H and O–H groups in total. The molecule has 102 valence electrons. The van der Waals surface area contributed by atoms with Crippen molar-refractivity contribution in [2.75, 3.05) is 19.6 Å². The first-order valence-corrected chi connectivity index (χ1v) is 6.33. The van der Waals surface area contributed by atoms with Crippen LogP contribution in [0.25, 0.3) is 0 Å². The van der Waals surface area contributed by atoms with E-state index in [1.807, 2.05) is 13.8 Å². The fraction of sp³-hybridized carbons (Fsp3) is 0.917. The summed E-state index contributed by atoms with van der Waals surface area (Å²) in [5.74, 6) is 0.714. The number of carbonyl (C=O) groups is 1. The lowest BCUT2D eigenvalue weighted by Gasteiger charge is -2.25. The molecule has 1 heterocycles. The van der Waals surface area contributed by atoms with Gasteiger partial charge in [0.15, 0.2) is 0 Å². The van der Waals surface area contributed by atoms with Crippen molar-refractivity contribution >= 4 is 18.3 Å². The summed E-state index contributed by atoms with van der Waals surface area (Å²) < 4.78 is 0. The second-order valence-corrected chi connectivity index (χ2v) is 4.88. The maximum Gasteiger partial charge on any atom is 0.237 e. The van der Waals surface area contributed by atoms with Gasteiger partial charge in [0.1, 0.15) is 0 Å². The molecule has 0 aromatic carbocycles. The molecule has 3 atom stereocenters. The molecule has 1 aliphatic heterocycles. The minimum absolute atomic E-state index is 0. The summed E-state index contributed by atoms with van der Waals surface area (Å²) in [5.41, 5.74) is 5.65. The van der Waals surface area contributed by atoms with Crippen LogP contribution < -0.4 is 11.1 Å². The van der Waals surface area contributed by atoms with Crippen molar-refractivity contribution in [3.8, 4) is 0 Å². The molecule has 0 spiro atoms. The smallest absolute Gasteiger partial charge is 0.237 e. The molecule has 0 aliphatic carbocycles. The van der Waals surface area contributed by atoms with Crippen LogP contribution >= 0.6 is 12.4 Å². The van der Waals surface area contributed by atoms with Crippen LogP contribution in [0.2, 0.25) is 0 Å². The summed E-state index contributed by atoms with van der Waals surface area (Å²) in [5, 5.41) is 3.03. The first kappa shape index (κ1) is 16.7. The average Bonchev–Trinajstić information content (AvgIpc) is 2.76. The van der Waals surface area contributed by atoms with Gasteiger partial charge in [-0.2, -0.15) is 0 Å². The zero-order valence-electron chi connectivity index (χ0n) is 11.1. The molecular formula is C12H26ClN3O. The van der Waals surface area contributed by atoms with Crippen LogP contribution in [0.3, 0.4) is 0 Å². The van der Waals surface area contributed by atoms with Crippen LogP contribution in [0.5, 0.6) is 0 Å². The van der Waals surface area contributed by atoms with Crippen LogP contribution in [0.15, 0.2) is 0 Å². The maximum absolute atomic E-state index is 11.9. The van der Waals surface area contributed by atoms with Gasteiger partial charge in [-0.15, -0.1) is 12.4 Å². The highest BCUT2D eigenvalue weighted by Gasteiger charge is 2.28. The number of amides is 1. The second-order valence-electron chi connectivity index (χ2n) is 4.88. The van der Waals surface area contributed by atoms with Gasteiger partial charge < -0.3 is 11.1 Å². The number of nitrogens with zero attached hydrogens (tertiary/aromatic N) is 1. The zero-order chi connectivity index (χ0) is 12.1. The van der Waals surface area contributed by atoms with Gasteiger partial charge in [0.05, 0.1) is 6.04 Å². The number of rotatable bonds is 5. The van der Waals surface area contributed by atoms with E-state index in [-0.39, 0.29) is 30.4 Å². The van der Waals surface area contributed by atoms with Gasteiger partial charge in [0, 0.05) is 12.6 Å². The maximum atomic E-state index is 11.9. The number of halogens is 1. The average molecular weight is 264 g/mol. The van der Waals surface area contributed by atoms with Gasteiger partial charge >= 0.3 is 0 Å². The van der Waals surface area contributed by atoms with Crippen molar-refractivity contribution in [1.29, 1.82) is 0 Å². The highest BCUT2D eigenvalue weighted by Crippen LogP contribution is 2.17. The van der Waals surface area contributed by atoms with E-state index in [2.05, 4.69) is 17.1 Å². The summed E-state index contributed by atoms with van der Waals surface area (Å²) in [4.78, 5) is 14.1. The van der Waals surface area contributed by atoms with Gasteiger partial charge in [-0.05, 0) is 45.7 Å². The molecule has 1 aliphatic rings. The van der Waals surface area contributed by atoms with Crippen molar-refractivity contribution in [3.05, 3.63) is 0 Å². The monoisotopic (exact) mass is 263 g/mol. The summed E-state index contributed by atoms with van der Waals surface area (Å²) in [6, 6.07) is 0.244. The van der Waals surface area contributed by atoms with Crippen LogP contribution in [0, 0.1) is 5.92 Å². The Hall–Kier alpha value is -0.320. The molecule has 1 saturated heterocycles. The molecule has 0 aromatic heterocycles. The standard InChI is InChI=1S/C12H25N3O.ClH/c1-4-9(2)14-12(16)10(3)15-6-5-11(7-13)8-15;/h9-11H,4-8,13H2,1-3H3,(H,14,16);1H. The fourth-order valence-corrected chi connectivity index (χ4v) is 2.04. The minimum atomic E-state index is -0.0226. The van der Waals surface area contributed by atoms with Gasteiger partial charge in [-0.25, -0.2) is 0 Å². The van der Waals surface area contributed by atoms with Crippen molar-refractivity contribution in [1.82, 2.24) is 10.2 Å². The number of likely N-dealkylation sites (tertiary alicyclic amines) is 1. The third kappa shape index (κ3) is 4.82. The number of nitrogens with one attached hydrogen (secondary N) is 1. The Bertz CT molecular complexity index is 238. The van der Waals surface area contributed by atoms with Crippen LogP contribution in [0.1, 0.15) is 33.6 Å². The van der Waals surface area contributed by atoms with Crippen molar-refractivity contribution in [2.24, 2.45) is 11.7 Å². The highest BCUT2D eigenvalue weighted by molar-refractivity contribution is 5.85. The Morgan fingerprint density at radius 2 is 2.18 bits per heavy atom. The number of carbonyl (C=O) groups excluding carboxylic acids is 1. The fourth-order valence-electron chi connectivity index (χ4n) is 2.04. The molecule has 0 radical (unpaired) electrons. The lowest BCUT2D eigenvalue weighted by atomic mass is 10.1. The van der Waals surface area contributed by atoms with E-state index in [9.17, 15) is 4.79 Å². The SMILES string of the molecule is CCC(C)NC(=O)C(C)N1CCC(CN)C1.Cl. The van der Waals surface area contributed by atoms with Crippen LogP contribution in [0.4, 0.5) is 0 Å². The molecule has 17 heavy (non-hydrogen) atoms. The van der Waals surface area contributed by atoms with Gasteiger partial charge in [-0.1, -0.05) is 6.92 Å². The molecule has 3 unspecified atom stereocenters. The van der Waals surface area contributed by atoms with E-state index in [0.29, 0.717) is 5.92 Å². The van der Waals surface area contributed by atoms with Crippen LogP contribution in [-0.2, 0) is 4.79 Å². The van der Waals surface area contributed by atoms with E-state index in [1.54, 1.807) is 0 Å². The Kier molecular flexibility index (Phi) is 7.75. The van der Waals surface area contributed by atoms with E-state index in [1.165, 1.54) is 0 Å². The third-order valence-electron chi connectivity index (χ3n) is 3.58. The van der Waals surface area contributed by atoms with Gasteiger partial charge in [0.25, 0.3) is 0 Å². The van der Waals surface area contributed by atoms with Gasteiger partial charge in [0.2, 0.25) is 5.91 Å². The van der Waals surface area contributed by atoms with E-state index < -0.39 is 0 Å². The normalized spacial score (nSPS) is 23.9. The van der Waals surface area contributed by atoms with Crippen LogP contribution in [-0.4, -0.2) is 42.5 Å². The van der Waals surface area contributed by atoms with Gasteiger partial charge in [-0.3, -0.25) is 9.69 Å². The molecule has 5 heteroatoms. The minimum Gasteiger partial charge on any atom is -0.352 e. The number of hydrogen-bond acceptors (Lipinski definition) is 3. The molecule has 0 bridgehead atoms. The Morgan fingerprint density at radius 1 is 1.53 bits per heavy atom. The molecule has 0 aromatic rings. The molecular weight excluding hydrogens is 238 g/mol. The van der Waals surface area contributed by atoms with E-state index in [0.717, 1.165) is 32.5 Å². The Morgan fingerprint density at radius 3 is 2.65 bits per heavy atom.